The van der Waals surface area contributed by atoms with Crippen molar-refractivity contribution in [2.75, 3.05) is 38.3 Å². The first-order chi connectivity index (χ1) is 10.1. The van der Waals surface area contributed by atoms with E-state index in [-0.39, 0.29) is 24.9 Å². The van der Waals surface area contributed by atoms with Gasteiger partial charge in [0, 0.05) is 25.9 Å². The van der Waals surface area contributed by atoms with Gasteiger partial charge in [-0.2, -0.15) is 0 Å². The van der Waals surface area contributed by atoms with Gasteiger partial charge in [-0.25, -0.2) is 0 Å². The van der Waals surface area contributed by atoms with Gasteiger partial charge < -0.3 is 15.0 Å². The number of imide groups is 1. The maximum absolute atomic E-state index is 11.5. The highest BCUT2D eigenvalue weighted by Crippen LogP contribution is 2.22. The normalized spacial score (nSPS) is 15.2. The van der Waals surface area contributed by atoms with E-state index in [4.69, 9.17) is 4.74 Å². The van der Waals surface area contributed by atoms with Crippen LogP contribution in [0.5, 0.6) is 0 Å². The summed E-state index contributed by atoms with van der Waals surface area (Å²) in [5, 5.41) is 5.61. The molecule has 1 aliphatic heterocycles. The third-order valence-corrected chi connectivity index (χ3v) is 3.32. The third kappa shape index (κ3) is 4.27. The zero-order valence-corrected chi connectivity index (χ0v) is 12.4. The number of amides is 2. The first-order valence-corrected chi connectivity index (χ1v) is 6.97. The number of methoxy groups -OCH3 is 1. The minimum atomic E-state index is -0.259. The zero-order chi connectivity index (χ0) is 15.2. The van der Waals surface area contributed by atoms with Crippen molar-refractivity contribution in [2.45, 2.75) is 13.5 Å². The highest BCUT2D eigenvalue weighted by molar-refractivity contribution is 6.02. The number of rotatable bonds is 6. The Morgan fingerprint density at radius 3 is 2.67 bits per heavy atom. The first kappa shape index (κ1) is 15.5. The fraction of sp³-hybridized carbons (Fsp3) is 0.467. The molecule has 2 amide bonds. The molecule has 0 saturated carbocycles. The molecule has 6 nitrogen and oxygen atoms in total. The van der Waals surface area contributed by atoms with Gasteiger partial charge in [0.25, 0.3) is 0 Å². The molecule has 0 atom stereocenters. The lowest BCUT2D eigenvalue weighted by atomic mass is 10.1. The third-order valence-electron chi connectivity index (χ3n) is 3.32. The van der Waals surface area contributed by atoms with Crippen LogP contribution in [0, 0.1) is 6.92 Å². The Kier molecular flexibility index (Phi) is 5.30. The molecule has 1 aromatic carbocycles. The van der Waals surface area contributed by atoms with Gasteiger partial charge >= 0.3 is 0 Å². The number of piperazine rings is 1. The van der Waals surface area contributed by atoms with Gasteiger partial charge in [0.2, 0.25) is 11.8 Å². The molecule has 1 heterocycles. The average molecular weight is 291 g/mol. The fourth-order valence-electron chi connectivity index (χ4n) is 2.37. The highest BCUT2D eigenvalue weighted by atomic mass is 16.5. The molecule has 0 aliphatic carbocycles. The van der Waals surface area contributed by atoms with E-state index in [1.54, 1.807) is 7.11 Å². The zero-order valence-electron chi connectivity index (χ0n) is 12.4. The summed E-state index contributed by atoms with van der Waals surface area (Å²) in [7, 11) is 1.66. The Bertz CT molecular complexity index is 515. The van der Waals surface area contributed by atoms with E-state index in [2.05, 4.69) is 16.7 Å². The van der Waals surface area contributed by atoms with Gasteiger partial charge in [0.1, 0.15) is 0 Å². The molecule has 6 heteroatoms. The Labute approximate surface area is 124 Å². The fourth-order valence-corrected chi connectivity index (χ4v) is 2.37. The maximum atomic E-state index is 11.5. The Morgan fingerprint density at radius 2 is 2.00 bits per heavy atom. The van der Waals surface area contributed by atoms with Crippen LogP contribution in [-0.4, -0.2) is 45.2 Å². The number of hydrogen-bond donors (Lipinski definition) is 2. The summed E-state index contributed by atoms with van der Waals surface area (Å²) in [6.45, 7) is 4.51. The van der Waals surface area contributed by atoms with E-state index in [1.807, 2.05) is 24.0 Å². The molecule has 0 spiro atoms. The molecule has 1 aliphatic rings. The standard InChI is InChI=1S/C15H21N3O3/c1-11-3-4-13(12(7-11)8-16-5-6-21-2)18-9-14(19)17-15(20)10-18/h3-4,7,16H,5-6,8-10H2,1-2H3,(H,17,19,20). The highest BCUT2D eigenvalue weighted by Gasteiger charge is 2.24. The quantitative estimate of drug-likeness (QED) is 0.578. The van der Waals surface area contributed by atoms with Crippen LogP contribution in [0.25, 0.3) is 0 Å². The van der Waals surface area contributed by atoms with Crippen molar-refractivity contribution in [3.63, 3.8) is 0 Å². The van der Waals surface area contributed by atoms with Crippen LogP contribution >= 0.6 is 0 Å². The summed E-state index contributed by atoms with van der Waals surface area (Å²) in [5.74, 6) is -0.518. The predicted molar refractivity (Wildman–Crippen MR) is 80.1 cm³/mol. The second-order valence-corrected chi connectivity index (χ2v) is 5.13. The molecular formula is C15H21N3O3. The van der Waals surface area contributed by atoms with Crippen LogP contribution < -0.4 is 15.5 Å². The summed E-state index contributed by atoms with van der Waals surface area (Å²) in [5.41, 5.74) is 3.15. The van der Waals surface area contributed by atoms with E-state index in [1.165, 1.54) is 0 Å². The van der Waals surface area contributed by atoms with Gasteiger partial charge in [-0.15, -0.1) is 0 Å². The Balaban J connectivity index is 2.13. The lowest BCUT2D eigenvalue weighted by Gasteiger charge is -2.29. The lowest BCUT2D eigenvalue weighted by molar-refractivity contribution is -0.130. The smallest absolute Gasteiger partial charge is 0.246 e. The number of carbonyl (C=O) groups is 2. The minimum absolute atomic E-state index is 0.208. The van der Waals surface area contributed by atoms with Gasteiger partial charge in [0.05, 0.1) is 19.7 Å². The maximum Gasteiger partial charge on any atom is 0.246 e. The lowest BCUT2D eigenvalue weighted by Crippen LogP contribution is -2.51. The van der Waals surface area contributed by atoms with Crippen LogP contribution in [0.1, 0.15) is 11.1 Å². The van der Waals surface area contributed by atoms with Gasteiger partial charge in [-0.3, -0.25) is 14.9 Å². The molecule has 1 aromatic rings. The molecular weight excluding hydrogens is 270 g/mol. The van der Waals surface area contributed by atoms with Crippen molar-refractivity contribution in [1.82, 2.24) is 10.6 Å². The van der Waals surface area contributed by atoms with E-state index in [9.17, 15) is 9.59 Å². The molecule has 0 radical (unpaired) electrons. The number of anilines is 1. The number of nitrogens with zero attached hydrogens (tertiary/aromatic N) is 1. The van der Waals surface area contributed by atoms with Crippen LogP contribution in [-0.2, 0) is 20.9 Å². The number of nitrogens with one attached hydrogen (secondary N) is 2. The SMILES string of the molecule is COCCNCc1cc(C)ccc1N1CC(=O)NC(=O)C1. The van der Waals surface area contributed by atoms with E-state index < -0.39 is 0 Å². The largest absolute Gasteiger partial charge is 0.383 e. The molecule has 0 unspecified atom stereocenters. The van der Waals surface area contributed by atoms with Crippen LogP contribution in [0.3, 0.4) is 0 Å². The van der Waals surface area contributed by atoms with Crippen molar-refractivity contribution in [3.05, 3.63) is 29.3 Å². The second kappa shape index (κ2) is 7.19. The molecule has 1 fully saturated rings. The summed E-state index contributed by atoms with van der Waals surface area (Å²) in [6.07, 6.45) is 0. The molecule has 1 saturated heterocycles. The van der Waals surface area contributed by atoms with Crippen LogP contribution in [0.2, 0.25) is 0 Å². The predicted octanol–water partition coefficient (Wildman–Crippen LogP) is 0.194. The number of benzene rings is 1. The number of hydrogen-bond acceptors (Lipinski definition) is 5. The first-order valence-electron chi connectivity index (χ1n) is 6.97. The average Bonchev–Trinajstić information content (AvgIpc) is 2.42. The van der Waals surface area contributed by atoms with E-state index in [0.29, 0.717) is 13.2 Å². The summed E-state index contributed by atoms with van der Waals surface area (Å²) in [6, 6.07) is 6.03. The van der Waals surface area contributed by atoms with Crippen molar-refractivity contribution in [1.29, 1.82) is 0 Å². The van der Waals surface area contributed by atoms with Crippen LogP contribution in [0.4, 0.5) is 5.69 Å². The molecule has 2 N–H and O–H groups in total. The van der Waals surface area contributed by atoms with E-state index in [0.717, 1.165) is 23.4 Å². The van der Waals surface area contributed by atoms with Crippen molar-refractivity contribution in [2.24, 2.45) is 0 Å². The summed E-state index contributed by atoms with van der Waals surface area (Å²) in [4.78, 5) is 24.9. The van der Waals surface area contributed by atoms with Crippen molar-refractivity contribution >= 4 is 17.5 Å². The summed E-state index contributed by atoms with van der Waals surface area (Å²) < 4.78 is 5.01. The molecule has 21 heavy (non-hydrogen) atoms. The number of aryl methyl sites for hydroxylation is 1. The monoisotopic (exact) mass is 291 g/mol. The van der Waals surface area contributed by atoms with Gasteiger partial charge in [-0.1, -0.05) is 17.7 Å². The van der Waals surface area contributed by atoms with Crippen molar-refractivity contribution in [3.8, 4) is 0 Å². The molecule has 0 bridgehead atoms. The Hall–Kier alpha value is -1.92. The minimum Gasteiger partial charge on any atom is -0.383 e. The molecule has 114 valence electrons. The van der Waals surface area contributed by atoms with Crippen molar-refractivity contribution < 1.29 is 14.3 Å². The van der Waals surface area contributed by atoms with Gasteiger partial charge in [-0.05, 0) is 18.6 Å². The topological polar surface area (TPSA) is 70.7 Å². The van der Waals surface area contributed by atoms with Crippen LogP contribution in [0.15, 0.2) is 18.2 Å². The molecule has 2 rings (SSSR count). The second-order valence-electron chi connectivity index (χ2n) is 5.13. The number of carbonyl (C=O) groups excluding carboxylic acids is 2. The van der Waals surface area contributed by atoms with E-state index >= 15 is 0 Å². The molecule has 0 aromatic heterocycles. The summed E-state index contributed by atoms with van der Waals surface area (Å²) >= 11 is 0. The number of ether oxygens (including phenoxy) is 1. The Morgan fingerprint density at radius 1 is 1.29 bits per heavy atom. The van der Waals surface area contributed by atoms with Gasteiger partial charge in [0.15, 0.2) is 0 Å².